The first-order valence-corrected chi connectivity index (χ1v) is 5.56. The molecule has 7 heteroatoms. The van der Waals surface area contributed by atoms with Gasteiger partial charge in [0.25, 0.3) is 0 Å². The Labute approximate surface area is 133 Å². The highest BCUT2D eigenvalue weighted by Crippen LogP contribution is 2.21. The van der Waals surface area contributed by atoms with Crippen LogP contribution in [0, 0.1) is 5.92 Å². The molecule has 1 rings (SSSR count). The van der Waals surface area contributed by atoms with E-state index < -0.39 is 0 Å². The Morgan fingerprint density at radius 2 is 1.68 bits per heavy atom. The Balaban J connectivity index is -0.000000853. The van der Waals surface area contributed by atoms with Crippen LogP contribution in [0.3, 0.4) is 0 Å². The first kappa shape index (κ1) is 23.6. The molecule has 0 bridgehead atoms. The van der Waals surface area contributed by atoms with Crippen molar-refractivity contribution in [1.29, 1.82) is 0 Å². The van der Waals surface area contributed by atoms with Crippen LogP contribution >= 0.6 is 12.4 Å². The van der Waals surface area contributed by atoms with Crippen molar-refractivity contribution in [2.24, 2.45) is 5.92 Å². The fraction of sp³-hybridized carbons (Fsp3) is 0.417. The topological polar surface area (TPSA) is 71.4 Å². The van der Waals surface area contributed by atoms with E-state index in [2.05, 4.69) is 27.6 Å². The zero-order chi connectivity index (χ0) is 12.0. The van der Waals surface area contributed by atoms with Crippen LogP contribution in [0.2, 0.25) is 0 Å². The summed E-state index contributed by atoms with van der Waals surface area (Å²) in [7, 11) is 4.06. The first-order chi connectivity index (χ1) is 7.69. The third-order valence-electron chi connectivity index (χ3n) is 2.55. The number of aromatic nitrogens is 1. The van der Waals surface area contributed by atoms with Gasteiger partial charge in [0.15, 0.2) is 0 Å². The number of hydrogen-bond acceptors (Lipinski definition) is 2. The van der Waals surface area contributed by atoms with Gasteiger partial charge in [-0.1, -0.05) is 0 Å². The van der Waals surface area contributed by atoms with Crippen LogP contribution in [0.5, 0.6) is 0 Å². The molecular weight excluding hydrogens is 307 g/mol. The van der Waals surface area contributed by atoms with Crippen LogP contribution in [-0.4, -0.2) is 37.1 Å². The van der Waals surface area contributed by atoms with Crippen LogP contribution in [0.1, 0.15) is 5.56 Å². The van der Waals surface area contributed by atoms with Crippen molar-refractivity contribution in [3.8, 4) is 0 Å². The molecule has 4 nitrogen and oxygen atoms in total. The van der Waals surface area contributed by atoms with Gasteiger partial charge in [-0.2, -0.15) is 0 Å². The Morgan fingerprint density at radius 3 is 2.05 bits per heavy atom. The van der Waals surface area contributed by atoms with E-state index in [4.69, 9.17) is 0 Å². The first-order valence-electron chi connectivity index (χ1n) is 5.56. The third kappa shape index (κ3) is 7.60. The highest BCUT2D eigenvalue weighted by molar-refractivity contribution is 5.85. The number of pyridine rings is 1. The zero-order valence-electron chi connectivity index (χ0n) is 11.4. The summed E-state index contributed by atoms with van der Waals surface area (Å²) in [5, 5.41) is 0. The Bertz CT molecular complexity index is 340. The normalized spacial score (nSPS) is 10.1. The standard InChI is InChI=1S/C12H20N4.3ClH/c1-16(2)9-12(11(7-13)8-14)10-3-5-15-6-4-10;;;/h3-6,9,11H,7-8,13-14H2,1-2H3;3*1H/b12-9+;;;. The van der Waals surface area contributed by atoms with E-state index in [-0.39, 0.29) is 37.2 Å². The Morgan fingerprint density at radius 1 is 1.21 bits per heavy atom. The van der Waals surface area contributed by atoms with Gasteiger partial charge in [0.2, 0.25) is 0 Å². The average Bonchev–Trinajstić information content (AvgIpc) is 2.30. The molecule has 0 aliphatic carbocycles. The van der Waals surface area contributed by atoms with Crippen LogP contribution in [0.25, 0.3) is 5.57 Å². The number of hydrogen-bond donors (Lipinski definition) is 2. The zero-order valence-corrected chi connectivity index (χ0v) is 13.7. The molecule has 0 saturated heterocycles. The molecule has 0 aliphatic rings. The van der Waals surface area contributed by atoms with Crippen molar-refractivity contribution in [2.75, 3.05) is 27.2 Å². The summed E-state index contributed by atoms with van der Waals surface area (Å²) >= 11 is 0. The average molecular weight is 330 g/mol. The predicted octanol–water partition coefficient (Wildman–Crippen LogP) is -6.49. The van der Waals surface area contributed by atoms with E-state index in [1.165, 1.54) is 11.1 Å². The van der Waals surface area contributed by atoms with Gasteiger partial charge in [-0.15, -0.1) is 12.4 Å². The fourth-order valence-corrected chi connectivity index (χ4v) is 1.69. The maximum Gasteiger partial charge on any atom is 0.0865 e. The molecule has 19 heavy (non-hydrogen) atoms. The number of halogens is 3. The van der Waals surface area contributed by atoms with Gasteiger partial charge in [-0.25, -0.2) is 0 Å². The van der Waals surface area contributed by atoms with Crippen molar-refractivity contribution < 1.29 is 36.3 Å². The highest BCUT2D eigenvalue weighted by Gasteiger charge is 2.16. The largest absolute Gasteiger partial charge is 1.00 e. The lowest BCUT2D eigenvalue weighted by atomic mass is 9.94. The summed E-state index contributed by atoms with van der Waals surface area (Å²) in [5.41, 5.74) is 10.5. The number of quaternary nitrogens is 2. The molecule has 0 saturated carbocycles. The summed E-state index contributed by atoms with van der Waals surface area (Å²) in [6.07, 6.45) is 5.79. The van der Waals surface area contributed by atoms with E-state index in [0.717, 1.165) is 13.1 Å². The van der Waals surface area contributed by atoms with Gasteiger partial charge in [-0.05, 0) is 23.3 Å². The lowest BCUT2D eigenvalue weighted by Gasteiger charge is -2.17. The lowest BCUT2D eigenvalue weighted by molar-refractivity contribution is -0.415. The smallest absolute Gasteiger partial charge is 0.0865 e. The summed E-state index contributed by atoms with van der Waals surface area (Å²) < 4.78 is 0. The molecule has 0 amide bonds. The van der Waals surface area contributed by atoms with Crippen LogP contribution < -0.4 is 36.3 Å². The van der Waals surface area contributed by atoms with Gasteiger partial charge < -0.3 is 41.2 Å². The maximum absolute atomic E-state index is 4.05. The lowest BCUT2D eigenvalue weighted by Crippen LogP contribution is -3.00. The molecule has 112 valence electrons. The number of nitrogens with zero attached hydrogens (tertiary/aromatic N) is 2. The van der Waals surface area contributed by atoms with Crippen LogP contribution in [0.4, 0.5) is 0 Å². The SMILES string of the molecule is CN(C)/C=C(\c1ccncc1)C(C[NH3+])C[NH3+].Cl.[Cl-].[Cl-]. The van der Waals surface area contributed by atoms with E-state index in [1.807, 2.05) is 38.6 Å². The molecule has 1 aromatic heterocycles. The van der Waals surface area contributed by atoms with Gasteiger partial charge in [-0.3, -0.25) is 4.98 Å². The molecule has 1 heterocycles. The molecular formula is C12H23Cl3N4. The monoisotopic (exact) mass is 328 g/mol. The maximum atomic E-state index is 4.05. The van der Waals surface area contributed by atoms with Crippen molar-refractivity contribution in [3.05, 3.63) is 36.3 Å². The van der Waals surface area contributed by atoms with Crippen molar-refractivity contribution in [3.63, 3.8) is 0 Å². The van der Waals surface area contributed by atoms with Crippen molar-refractivity contribution in [1.82, 2.24) is 9.88 Å². The minimum atomic E-state index is 0. The molecule has 0 atom stereocenters. The van der Waals surface area contributed by atoms with Gasteiger partial charge in [0.05, 0.1) is 19.0 Å². The van der Waals surface area contributed by atoms with Gasteiger partial charge in [0, 0.05) is 32.7 Å². The van der Waals surface area contributed by atoms with E-state index >= 15 is 0 Å². The second-order valence-electron chi connectivity index (χ2n) is 4.06. The Hall–Kier alpha value is -0.520. The molecule has 0 radical (unpaired) electrons. The third-order valence-corrected chi connectivity index (χ3v) is 2.55. The molecule has 6 N–H and O–H groups in total. The Kier molecular flexibility index (Phi) is 15.5. The molecule has 0 spiro atoms. The number of rotatable bonds is 5. The second kappa shape index (κ2) is 12.5. The molecule has 0 aliphatic heterocycles. The van der Waals surface area contributed by atoms with Crippen molar-refractivity contribution in [2.45, 2.75) is 0 Å². The van der Waals surface area contributed by atoms with Crippen LogP contribution in [-0.2, 0) is 0 Å². The summed E-state index contributed by atoms with van der Waals surface area (Å²) in [5.74, 6) is 0.407. The van der Waals surface area contributed by atoms with E-state index in [1.54, 1.807) is 0 Å². The van der Waals surface area contributed by atoms with Gasteiger partial charge in [0.1, 0.15) is 0 Å². The predicted molar refractivity (Wildman–Crippen MR) is 72.1 cm³/mol. The van der Waals surface area contributed by atoms with Crippen molar-refractivity contribution >= 4 is 18.0 Å². The van der Waals surface area contributed by atoms with Crippen LogP contribution in [0.15, 0.2) is 30.7 Å². The fourth-order valence-electron chi connectivity index (χ4n) is 1.69. The van der Waals surface area contributed by atoms with E-state index in [0.29, 0.717) is 5.92 Å². The minimum absolute atomic E-state index is 0. The van der Waals surface area contributed by atoms with E-state index in [9.17, 15) is 0 Å². The highest BCUT2D eigenvalue weighted by atomic mass is 35.5. The molecule has 0 unspecified atom stereocenters. The summed E-state index contributed by atoms with van der Waals surface area (Å²) in [4.78, 5) is 6.11. The summed E-state index contributed by atoms with van der Waals surface area (Å²) in [6, 6.07) is 4.07. The molecule has 0 aromatic carbocycles. The quantitative estimate of drug-likeness (QED) is 0.564. The van der Waals surface area contributed by atoms with Gasteiger partial charge >= 0.3 is 0 Å². The second-order valence-corrected chi connectivity index (χ2v) is 4.06. The molecule has 0 fully saturated rings. The minimum Gasteiger partial charge on any atom is -1.00 e. The molecule has 1 aromatic rings. The summed E-state index contributed by atoms with van der Waals surface area (Å²) in [6.45, 7) is 1.73.